The zero-order valence-corrected chi connectivity index (χ0v) is 10.3. The van der Waals surface area contributed by atoms with Crippen LogP contribution < -0.4 is 0 Å². The summed E-state index contributed by atoms with van der Waals surface area (Å²) in [5, 5.41) is 0. The second-order valence-electron chi connectivity index (χ2n) is 4.18. The SMILES string of the molecule is C=C/C=C\C(=C/C)C(=C1CC1)c1ccccc1. The number of hydrogen-bond acceptors (Lipinski definition) is 0. The quantitative estimate of drug-likeness (QED) is 0.634. The van der Waals surface area contributed by atoms with Crippen molar-refractivity contribution in [1.29, 1.82) is 0 Å². The summed E-state index contributed by atoms with van der Waals surface area (Å²) in [5.41, 5.74) is 5.59. The third kappa shape index (κ3) is 2.85. The van der Waals surface area contributed by atoms with E-state index < -0.39 is 0 Å². The average molecular weight is 222 g/mol. The molecule has 0 heterocycles. The van der Waals surface area contributed by atoms with Crippen molar-refractivity contribution in [2.24, 2.45) is 0 Å². The molecule has 0 aliphatic heterocycles. The second kappa shape index (κ2) is 5.49. The molecule has 0 bridgehead atoms. The normalized spacial score (nSPS) is 15.1. The van der Waals surface area contributed by atoms with E-state index in [4.69, 9.17) is 0 Å². The molecule has 0 spiro atoms. The van der Waals surface area contributed by atoms with Crippen LogP contribution in [0.15, 0.2) is 72.4 Å². The molecule has 0 heteroatoms. The van der Waals surface area contributed by atoms with Crippen molar-refractivity contribution in [1.82, 2.24) is 0 Å². The molecule has 0 nitrogen and oxygen atoms in total. The first-order chi connectivity index (χ1) is 8.36. The Hall–Kier alpha value is -1.82. The maximum atomic E-state index is 3.73. The van der Waals surface area contributed by atoms with Gasteiger partial charge in [0.1, 0.15) is 0 Å². The maximum Gasteiger partial charge on any atom is -0.0122 e. The van der Waals surface area contributed by atoms with Crippen molar-refractivity contribution in [2.75, 3.05) is 0 Å². The van der Waals surface area contributed by atoms with Crippen LogP contribution >= 0.6 is 0 Å². The van der Waals surface area contributed by atoms with Gasteiger partial charge in [0.05, 0.1) is 0 Å². The molecular weight excluding hydrogens is 204 g/mol. The Bertz CT molecular complexity index is 478. The van der Waals surface area contributed by atoms with Crippen LogP contribution in [-0.4, -0.2) is 0 Å². The van der Waals surface area contributed by atoms with Gasteiger partial charge in [0.15, 0.2) is 0 Å². The Kier molecular flexibility index (Phi) is 3.77. The smallest absolute Gasteiger partial charge is 0.0122 e. The first-order valence-corrected chi connectivity index (χ1v) is 6.10. The van der Waals surface area contributed by atoms with E-state index in [1.807, 2.05) is 12.2 Å². The van der Waals surface area contributed by atoms with Crippen LogP contribution in [0.1, 0.15) is 25.3 Å². The molecule has 0 radical (unpaired) electrons. The molecule has 0 aromatic heterocycles. The molecule has 0 saturated heterocycles. The van der Waals surface area contributed by atoms with Gasteiger partial charge in [-0.1, -0.05) is 66.8 Å². The Morgan fingerprint density at radius 2 is 1.88 bits per heavy atom. The molecule has 2 rings (SSSR count). The van der Waals surface area contributed by atoms with Crippen LogP contribution in [0.25, 0.3) is 5.57 Å². The summed E-state index contributed by atoms with van der Waals surface area (Å²) >= 11 is 0. The van der Waals surface area contributed by atoms with Gasteiger partial charge in [-0.05, 0) is 36.5 Å². The average Bonchev–Trinajstić information content (AvgIpc) is 3.19. The highest BCUT2D eigenvalue weighted by atomic mass is 14.2. The highest BCUT2D eigenvalue weighted by Gasteiger charge is 2.20. The Morgan fingerprint density at radius 3 is 2.41 bits per heavy atom. The van der Waals surface area contributed by atoms with Gasteiger partial charge in [0.2, 0.25) is 0 Å². The van der Waals surface area contributed by atoms with E-state index in [9.17, 15) is 0 Å². The standard InChI is InChI=1S/C17H18/c1-3-5-9-14(4-2)17(16-12-13-16)15-10-7-6-8-11-15/h3-11H,1,12-13H2,2H3/b9-5-,14-4+. The molecule has 1 saturated carbocycles. The first-order valence-electron chi connectivity index (χ1n) is 6.10. The molecule has 0 unspecified atom stereocenters. The Balaban J connectivity index is 2.41. The van der Waals surface area contributed by atoms with E-state index in [1.165, 1.54) is 29.6 Å². The predicted octanol–water partition coefficient (Wildman–Crippen LogP) is 4.92. The van der Waals surface area contributed by atoms with Crippen molar-refractivity contribution in [3.05, 3.63) is 77.9 Å². The van der Waals surface area contributed by atoms with Gasteiger partial charge in [0, 0.05) is 0 Å². The summed E-state index contributed by atoms with van der Waals surface area (Å²) in [7, 11) is 0. The number of hydrogen-bond donors (Lipinski definition) is 0. The van der Waals surface area contributed by atoms with Gasteiger partial charge in [-0.15, -0.1) is 0 Å². The van der Waals surface area contributed by atoms with Gasteiger partial charge in [-0.3, -0.25) is 0 Å². The number of allylic oxidation sites excluding steroid dienone is 7. The van der Waals surface area contributed by atoms with Gasteiger partial charge >= 0.3 is 0 Å². The summed E-state index contributed by atoms with van der Waals surface area (Å²) in [6.45, 7) is 5.82. The molecule has 86 valence electrons. The van der Waals surface area contributed by atoms with Gasteiger partial charge in [0.25, 0.3) is 0 Å². The van der Waals surface area contributed by atoms with Crippen molar-refractivity contribution in [2.45, 2.75) is 19.8 Å². The fourth-order valence-corrected chi connectivity index (χ4v) is 1.99. The lowest BCUT2D eigenvalue weighted by atomic mass is 9.96. The number of rotatable bonds is 4. The third-order valence-corrected chi connectivity index (χ3v) is 2.93. The van der Waals surface area contributed by atoms with Crippen molar-refractivity contribution >= 4 is 5.57 Å². The molecule has 1 aromatic carbocycles. The minimum Gasteiger partial charge on any atom is -0.0991 e. The molecular formula is C17H18. The lowest BCUT2D eigenvalue weighted by Crippen LogP contribution is -1.87. The zero-order valence-electron chi connectivity index (χ0n) is 10.3. The molecule has 1 fully saturated rings. The van der Waals surface area contributed by atoms with Crippen LogP contribution in [0.3, 0.4) is 0 Å². The number of benzene rings is 1. The lowest BCUT2D eigenvalue weighted by molar-refractivity contribution is 1.50. The van der Waals surface area contributed by atoms with E-state index in [0.29, 0.717) is 0 Å². The fraction of sp³-hybridized carbons (Fsp3) is 0.176. The summed E-state index contributed by atoms with van der Waals surface area (Å²) in [6, 6.07) is 10.6. The topological polar surface area (TPSA) is 0 Å². The monoisotopic (exact) mass is 222 g/mol. The molecule has 0 amide bonds. The van der Waals surface area contributed by atoms with Gasteiger partial charge in [-0.2, -0.15) is 0 Å². The third-order valence-electron chi connectivity index (χ3n) is 2.93. The van der Waals surface area contributed by atoms with E-state index in [2.05, 4.69) is 56.0 Å². The van der Waals surface area contributed by atoms with Gasteiger partial charge in [-0.25, -0.2) is 0 Å². The highest BCUT2D eigenvalue weighted by molar-refractivity contribution is 5.85. The molecule has 0 N–H and O–H groups in total. The molecule has 1 aliphatic rings. The molecule has 0 atom stereocenters. The first kappa shape index (κ1) is 11.7. The Morgan fingerprint density at radius 1 is 1.18 bits per heavy atom. The lowest BCUT2D eigenvalue weighted by Gasteiger charge is -2.08. The maximum absolute atomic E-state index is 3.73. The largest absolute Gasteiger partial charge is 0.0991 e. The minimum absolute atomic E-state index is 1.24. The summed E-state index contributed by atoms with van der Waals surface area (Å²) in [6.07, 6.45) is 10.6. The second-order valence-corrected chi connectivity index (χ2v) is 4.18. The van der Waals surface area contributed by atoms with Crippen LogP contribution in [-0.2, 0) is 0 Å². The Labute approximate surface area is 104 Å². The molecule has 1 aromatic rings. The van der Waals surface area contributed by atoms with Crippen molar-refractivity contribution in [3.63, 3.8) is 0 Å². The minimum atomic E-state index is 1.24. The van der Waals surface area contributed by atoms with Crippen molar-refractivity contribution in [3.8, 4) is 0 Å². The van der Waals surface area contributed by atoms with Crippen LogP contribution in [0.4, 0.5) is 0 Å². The summed E-state index contributed by atoms with van der Waals surface area (Å²) in [4.78, 5) is 0. The molecule has 17 heavy (non-hydrogen) atoms. The fourth-order valence-electron chi connectivity index (χ4n) is 1.99. The van der Waals surface area contributed by atoms with Crippen LogP contribution in [0, 0.1) is 0 Å². The van der Waals surface area contributed by atoms with E-state index in [-0.39, 0.29) is 0 Å². The predicted molar refractivity (Wildman–Crippen MR) is 75.7 cm³/mol. The zero-order chi connectivity index (χ0) is 12.1. The highest BCUT2D eigenvalue weighted by Crippen LogP contribution is 2.40. The summed E-state index contributed by atoms with van der Waals surface area (Å²) < 4.78 is 0. The van der Waals surface area contributed by atoms with Crippen LogP contribution in [0.5, 0.6) is 0 Å². The van der Waals surface area contributed by atoms with E-state index in [0.717, 1.165) is 0 Å². The van der Waals surface area contributed by atoms with Crippen LogP contribution in [0.2, 0.25) is 0 Å². The molecule has 1 aliphatic carbocycles. The van der Waals surface area contributed by atoms with E-state index in [1.54, 1.807) is 5.57 Å². The van der Waals surface area contributed by atoms with Gasteiger partial charge < -0.3 is 0 Å². The van der Waals surface area contributed by atoms with Crippen molar-refractivity contribution < 1.29 is 0 Å². The summed E-state index contributed by atoms with van der Waals surface area (Å²) in [5.74, 6) is 0. The van der Waals surface area contributed by atoms with E-state index >= 15 is 0 Å².